The third kappa shape index (κ3) is 5.24. The molecule has 0 saturated heterocycles. The molecule has 4 aromatic rings. The molecule has 4 rings (SSSR count). The molecule has 0 aliphatic rings. The Kier molecular flexibility index (Phi) is 6.99. The molecule has 162 valence electrons. The molecule has 0 saturated carbocycles. The van der Waals surface area contributed by atoms with Gasteiger partial charge in [-0.3, -0.25) is 9.36 Å². The van der Waals surface area contributed by atoms with Crippen LogP contribution in [0.15, 0.2) is 78.0 Å². The summed E-state index contributed by atoms with van der Waals surface area (Å²) in [5.41, 5.74) is 2.30. The Bertz CT molecular complexity index is 1240. The molecule has 32 heavy (non-hydrogen) atoms. The number of methoxy groups -OCH3 is 1. The van der Waals surface area contributed by atoms with E-state index in [0.717, 1.165) is 11.3 Å². The normalized spacial score (nSPS) is 10.7. The smallest absolute Gasteiger partial charge is 0.234 e. The van der Waals surface area contributed by atoms with Gasteiger partial charge in [0.15, 0.2) is 11.0 Å². The first-order chi connectivity index (χ1) is 15.5. The Morgan fingerprint density at radius 2 is 1.78 bits per heavy atom. The number of carbonyl (C=O) groups is 1. The van der Waals surface area contributed by atoms with Gasteiger partial charge in [-0.25, -0.2) is 0 Å². The fourth-order valence-corrected chi connectivity index (χ4v) is 4.10. The molecule has 3 aromatic carbocycles. The molecular weight excluding hydrogens is 467 g/mol. The van der Waals surface area contributed by atoms with Gasteiger partial charge in [0.05, 0.1) is 12.9 Å². The van der Waals surface area contributed by atoms with Crippen LogP contribution in [0.3, 0.4) is 0 Å². The van der Waals surface area contributed by atoms with Crippen LogP contribution in [0.5, 0.6) is 5.75 Å². The van der Waals surface area contributed by atoms with Gasteiger partial charge in [0, 0.05) is 33.0 Å². The van der Waals surface area contributed by atoms with Crippen LogP contribution in [0, 0.1) is 0 Å². The zero-order chi connectivity index (χ0) is 22.5. The van der Waals surface area contributed by atoms with Crippen LogP contribution in [0.1, 0.15) is 0 Å². The van der Waals surface area contributed by atoms with Crippen LogP contribution >= 0.6 is 35.0 Å². The van der Waals surface area contributed by atoms with Crippen molar-refractivity contribution in [3.05, 3.63) is 82.8 Å². The molecule has 0 radical (unpaired) electrons. The summed E-state index contributed by atoms with van der Waals surface area (Å²) >= 11 is 13.5. The molecule has 0 spiro atoms. The summed E-state index contributed by atoms with van der Waals surface area (Å²) in [5.74, 6) is 1.27. The number of hydrogen-bond donors (Lipinski definition) is 1. The molecule has 1 heterocycles. The van der Waals surface area contributed by atoms with Gasteiger partial charge in [0.2, 0.25) is 5.91 Å². The number of halogens is 2. The van der Waals surface area contributed by atoms with Crippen LogP contribution in [-0.4, -0.2) is 33.5 Å². The molecule has 6 nitrogen and oxygen atoms in total. The van der Waals surface area contributed by atoms with Crippen LogP contribution < -0.4 is 10.1 Å². The zero-order valence-electron chi connectivity index (χ0n) is 17.0. The average Bonchev–Trinajstić information content (AvgIpc) is 3.22. The standard InChI is InChI=1S/C23H18Cl2N4O2S/c1-31-20-7-3-6-18(13-20)26-21(30)14-32-23-28-27-22(15-4-2-5-17(25)12-15)29(23)19-10-8-16(24)9-11-19/h2-13H,14H2,1H3,(H,26,30). The molecule has 0 bridgehead atoms. The zero-order valence-corrected chi connectivity index (χ0v) is 19.3. The van der Waals surface area contributed by atoms with Crippen molar-refractivity contribution in [2.75, 3.05) is 18.2 Å². The van der Waals surface area contributed by atoms with Crippen molar-refractivity contribution in [2.24, 2.45) is 0 Å². The van der Waals surface area contributed by atoms with Gasteiger partial charge in [0.25, 0.3) is 0 Å². The van der Waals surface area contributed by atoms with Crippen LogP contribution in [-0.2, 0) is 4.79 Å². The Balaban J connectivity index is 1.59. The molecule has 0 unspecified atom stereocenters. The van der Waals surface area contributed by atoms with E-state index in [0.29, 0.717) is 32.5 Å². The van der Waals surface area contributed by atoms with Crippen molar-refractivity contribution in [2.45, 2.75) is 5.16 Å². The number of rotatable bonds is 7. The minimum Gasteiger partial charge on any atom is -0.497 e. The highest BCUT2D eigenvalue weighted by Crippen LogP contribution is 2.30. The van der Waals surface area contributed by atoms with Crippen LogP contribution in [0.4, 0.5) is 5.69 Å². The number of amides is 1. The molecular formula is C23H18Cl2N4O2S. The minimum absolute atomic E-state index is 0.151. The molecule has 0 fully saturated rings. The van der Waals surface area contributed by atoms with E-state index in [2.05, 4.69) is 15.5 Å². The van der Waals surface area contributed by atoms with E-state index >= 15 is 0 Å². The summed E-state index contributed by atoms with van der Waals surface area (Å²) in [7, 11) is 1.58. The van der Waals surface area contributed by atoms with Gasteiger partial charge in [-0.1, -0.05) is 53.2 Å². The third-order valence-electron chi connectivity index (χ3n) is 4.49. The van der Waals surface area contributed by atoms with Crippen LogP contribution in [0.2, 0.25) is 10.0 Å². The van der Waals surface area contributed by atoms with E-state index in [1.165, 1.54) is 11.8 Å². The molecule has 0 aliphatic carbocycles. The summed E-state index contributed by atoms with van der Waals surface area (Å²) < 4.78 is 7.08. The van der Waals surface area contributed by atoms with Crippen molar-refractivity contribution in [1.82, 2.24) is 14.8 Å². The minimum atomic E-state index is -0.168. The fraction of sp³-hybridized carbons (Fsp3) is 0.0870. The Hall–Kier alpha value is -3.00. The number of hydrogen-bond acceptors (Lipinski definition) is 5. The highest BCUT2D eigenvalue weighted by molar-refractivity contribution is 7.99. The van der Waals surface area contributed by atoms with E-state index in [1.54, 1.807) is 37.4 Å². The molecule has 1 N–H and O–H groups in total. The first-order valence-corrected chi connectivity index (χ1v) is 11.3. The quantitative estimate of drug-likeness (QED) is 0.326. The largest absolute Gasteiger partial charge is 0.497 e. The number of anilines is 1. The van der Waals surface area contributed by atoms with Gasteiger partial charge in [-0.05, 0) is 48.5 Å². The summed E-state index contributed by atoms with van der Waals surface area (Å²) in [4.78, 5) is 12.5. The Morgan fingerprint density at radius 1 is 1.00 bits per heavy atom. The third-order valence-corrected chi connectivity index (χ3v) is 5.90. The predicted molar refractivity (Wildman–Crippen MR) is 129 cm³/mol. The first-order valence-electron chi connectivity index (χ1n) is 9.57. The number of benzene rings is 3. The average molecular weight is 485 g/mol. The second-order valence-corrected chi connectivity index (χ2v) is 8.51. The Labute approximate surface area is 199 Å². The van der Waals surface area contributed by atoms with Gasteiger partial charge < -0.3 is 10.1 Å². The lowest BCUT2D eigenvalue weighted by Gasteiger charge is -2.11. The first kappa shape index (κ1) is 22.2. The van der Waals surface area contributed by atoms with Gasteiger partial charge in [0.1, 0.15) is 5.75 Å². The summed E-state index contributed by atoms with van der Waals surface area (Å²) in [6.45, 7) is 0. The number of ether oxygens (including phenoxy) is 1. The molecule has 1 amide bonds. The number of thioether (sulfide) groups is 1. The predicted octanol–water partition coefficient (Wildman–Crippen LogP) is 5.98. The van der Waals surface area contributed by atoms with E-state index < -0.39 is 0 Å². The molecule has 9 heteroatoms. The van der Waals surface area contributed by atoms with Gasteiger partial charge >= 0.3 is 0 Å². The number of nitrogens with one attached hydrogen (secondary N) is 1. The summed E-state index contributed by atoms with van der Waals surface area (Å²) in [5, 5.41) is 13.4. The maximum Gasteiger partial charge on any atom is 0.234 e. The topological polar surface area (TPSA) is 69.0 Å². The summed E-state index contributed by atoms with van der Waals surface area (Å²) in [6.07, 6.45) is 0. The molecule has 1 aromatic heterocycles. The van der Waals surface area contributed by atoms with E-state index in [1.807, 2.05) is 47.0 Å². The highest BCUT2D eigenvalue weighted by atomic mass is 35.5. The lowest BCUT2D eigenvalue weighted by molar-refractivity contribution is -0.113. The van der Waals surface area contributed by atoms with E-state index in [4.69, 9.17) is 27.9 Å². The van der Waals surface area contributed by atoms with Crippen molar-refractivity contribution < 1.29 is 9.53 Å². The number of aromatic nitrogens is 3. The maximum absolute atomic E-state index is 12.5. The van der Waals surface area contributed by atoms with E-state index in [9.17, 15) is 4.79 Å². The summed E-state index contributed by atoms with van der Waals surface area (Å²) in [6, 6.07) is 21.9. The van der Waals surface area contributed by atoms with Gasteiger partial charge in [-0.15, -0.1) is 10.2 Å². The molecule has 0 atom stereocenters. The lowest BCUT2D eigenvalue weighted by atomic mass is 10.2. The van der Waals surface area contributed by atoms with Crippen molar-refractivity contribution >= 4 is 46.6 Å². The second-order valence-electron chi connectivity index (χ2n) is 6.70. The highest BCUT2D eigenvalue weighted by Gasteiger charge is 2.18. The van der Waals surface area contributed by atoms with Crippen molar-refractivity contribution in [3.8, 4) is 22.8 Å². The van der Waals surface area contributed by atoms with Gasteiger partial charge in [-0.2, -0.15) is 0 Å². The lowest BCUT2D eigenvalue weighted by Crippen LogP contribution is -2.14. The van der Waals surface area contributed by atoms with Crippen LogP contribution in [0.25, 0.3) is 17.1 Å². The monoisotopic (exact) mass is 484 g/mol. The van der Waals surface area contributed by atoms with E-state index in [-0.39, 0.29) is 11.7 Å². The van der Waals surface area contributed by atoms with Crippen molar-refractivity contribution in [3.63, 3.8) is 0 Å². The number of nitrogens with zero attached hydrogens (tertiary/aromatic N) is 3. The van der Waals surface area contributed by atoms with Crippen molar-refractivity contribution in [1.29, 1.82) is 0 Å². The molecule has 0 aliphatic heterocycles. The SMILES string of the molecule is COc1cccc(NC(=O)CSc2nnc(-c3cccc(Cl)c3)n2-c2ccc(Cl)cc2)c1. The maximum atomic E-state index is 12.5. The Morgan fingerprint density at radius 3 is 2.53 bits per heavy atom. The fourth-order valence-electron chi connectivity index (χ4n) is 3.03. The second kappa shape index (κ2) is 10.1. The number of carbonyl (C=O) groups excluding carboxylic acids is 1.